The third-order valence-electron chi connectivity index (χ3n) is 2.31. The molecule has 3 nitrogen and oxygen atoms in total. The van der Waals surface area contributed by atoms with E-state index in [0.717, 1.165) is 29.9 Å². The molecular formula is C10H13BrN2O. The maximum absolute atomic E-state index is 5.49. The summed E-state index contributed by atoms with van der Waals surface area (Å²) >= 11 is 3.41. The molecule has 1 saturated heterocycles. The monoisotopic (exact) mass is 256 g/mol. The second kappa shape index (κ2) is 4.28. The maximum atomic E-state index is 5.49. The highest BCUT2D eigenvalue weighted by Gasteiger charge is 2.27. The van der Waals surface area contributed by atoms with Crippen molar-refractivity contribution in [2.24, 2.45) is 0 Å². The predicted octanol–water partition coefficient (Wildman–Crippen LogP) is 2.07. The molecule has 1 aliphatic rings. The minimum Gasteiger partial charge on any atom is -0.375 e. The van der Waals surface area contributed by atoms with E-state index in [1.807, 2.05) is 13.1 Å². The van der Waals surface area contributed by atoms with Crippen LogP contribution in [-0.2, 0) is 4.74 Å². The average molecular weight is 257 g/mol. The van der Waals surface area contributed by atoms with Crippen LogP contribution in [0.2, 0.25) is 0 Å². The number of hydrogen-bond acceptors (Lipinski definition) is 3. The van der Waals surface area contributed by atoms with Gasteiger partial charge in [0, 0.05) is 30.4 Å². The van der Waals surface area contributed by atoms with E-state index in [0.29, 0.717) is 6.10 Å². The first-order valence-electron chi connectivity index (χ1n) is 4.76. The van der Waals surface area contributed by atoms with Gasteiger partial charge in [0.05, 0.1) is 18.0 Å². The third-order valence-corrected chi connectivity index (χ3v) is 2.74. The first-order valence-corrected chi connectivity index (χ1v) is 5.56. The van der Waals surface area contributed by atoms with E-state index in [1.165, 1.54) is 0 Å². The zero-order chi connectivity index (χ0) is 9.97. The number of anilines is 1. The number of hydrogen-bond donors (Lipinski definition) is 0. The number of aromatic nitrogens is 1. The summed E-state index contributed by atoms with van der Waals surface area (Å²) in [4.78, 5) is 6.39. The van der Waals surface area contributed by atoms with Crippen molar-refractivity contribution in [3.05, 3.63) is 22.9 Å². The molecule has 1 fully saturated rings. The lowest BCUT2D eigenvalue weighted by Gasteiger charge is -2.40. The molecule has 76 valence electrons. The quantitative estimate of drug-likeness (QED) is 0.828. The Morgan fingerprint density at radius 2 is 2.36 bits per heavy atom. The van der Waals surface area contributed by atoms with Crippen molar-refractivity contribution in [1.82, 2.24) is 4.98 Å². The summed E-state index contributed by atoms with van der Waals surface area (Å²) in [6.07, 6.45) is 4.08. The number of nitrogens with zero attached hydrogens (tertiary/aromatic N) is 2. The van der Waals surface area contributed by atoms with Crippen molar-refractivity contribution in [2.75, 3.05) is 24.6 Å². The molecule has 0 amide bonds. The summed E-state index contributed by atoms with van der Waals surface area (Å²) in [5.41, 5.74) is 1.16. The zero-order valence-electron chi connectivity index (χ0n) is 8.11. The normalized spacial score (nSPS) is 16.9. The highest BCUT2D eigenvalue weighted by atomic mass is 79.9. The molecule has 0 radical (unpaired) electrons. The summed E-state index contributed by atoms with van der Waals surface area (Å²) in [6.45, 7) is 4.79. The lowest BCUT2D eigenvalue weighted by molar-refractivity contribution is 0.0430. The molecule has 1 aromatic rings. The standard InChI is InChI=1S/C10H13BrN2O/c1-2-14-10-6-13(7-10)9-3-8(11)4-12-5-9/h3-5,10H,2,6-7H2,1H3. The second-order valence-electron chi connectivity index (χ2n) is 3.34. The van der Waals surface area contributed by atoms with E-state index in [1.54, 1.807) is 6.20 Å². The Balaban J connectivity index is 1.93. The predicted molar refractivity (Wildman–Crippen MR) is 59.6 cm³/mol. The number of ether oxygens (including phenoxy) is 1. The van der Waals surface area contributed by atoms with Gasteiger partial charge in [0.1, 0.15) is 0 Å². The van der Waals surface area contributed by atoms with Crippen molar-refractivity contribution in [3.63, 3.8) is 0 Å². The molecular weight excluding hydrogens is 244 g/mol. The van der Waals surface area contributed by atoms with Gasteiger partial charge in [-0.15, -0.1) is 0 Å². The van der Waals surface area contributed by atoms with Crippen LogP contribution in [-0.4, -0.2) is 30.8 Å². The molecule has 14 heavy (non-hydrogen) atoms. The maximum Gasteiger partial charge on any atom is 0.0924 e. The summed E-state index contributed by atoms with van der Waals surface area (Å²) in [6, 6.07) is 2.08. The van der Waals surface area contributed by atoms with Crippen LogP contribution in [0.3, 0.4) is 0 Å². The van der Waals surface area contributed by atoms with Gasteiger partial charge < -0.3 is 9.64 Å². The van der Waals surface area contributed by atoms with Crippen LogP contribution in [0.5, 0.6) is 0 Å². The summed E-state index contributed by atoms with van der Waals surface area (Å²) in [5, 5.41) is 0. The highest BCUT2D eigenvalue weighted by Crippen LogP contribution is 2.23. The van der Waals surface area contributed by atoms with Gasteiger partial charge in [0.15, 0.2) is 0 Å². The van der Waals surface area contributed by atoms with Gasteiger partial charge in [0.2, 0.25) is 0 Å². The fraction of sp³-hybridized carbons (Fsp3) is 0.500. The van der Waals surface area contributed by atoms with Crippen LogP contribution in [0, 0.1) is 0 Å². The lowest BCUT2D eigenvalue weighted by atomic mass is 10.1. The molecule has 4 heteroatoms. The van der Waals surface area contributed by atoms with Crippen molar-refractivity contribution >= 4 is 21.6 Å². The van der Waals surface area contributed by atoms with Gasteiger partial charge in [-0.3, -0.25) is 4.98 Å². The molecule has 0 unspecified atom stereocenters. The molecule has 0 N–H and O–H groups in total. The Morgan fingerprint density at radius 1 is 1.57 bits per heavy atom. The van der Waals surface area contributed by atoms with E-state index in [2.05, 4.69) is 31.9 Å². The van der Waals surface area contributed by atoms with Crippen LogP contribution in [0.15, 0.2) is 22.9 Å². The lowest BCUT2D eigenvalue weighted by Crippen LogP contribution is -2.52. The van der Waals surface area contributed by atoms with E-state index in [4.69, 9.17) is 4.74 Å². The summed E-state index contributed by atoms with van der Waals surface area (Å²) in [5.74, 6) is 0. The number of pyridine rings is 1. The SMILES string of the molecule is CCOC1CN(c2cncc(Br)c2)C1. The Labute approximate surface area is 92.2 Å². The second-order valence-corrected chi connectivity index (χ2v) is 4.26. The van der Waals surface area contributed by atoms with E-state index in [-0.39, 0.29) is 0 Å². The molecule has 1 aliphatic heterocycles. The van der Waals surface area contributed by atoms with Crippen LogP contribution in [0.1, 0.15) is 6.92 Å². The summed E-state index contributed by atoms with van der Waals surface area (Å²) < 4.78 is 6.51. The fourth-order valence-corrected chi connectivity index (χ4v) is 1.92. The molecule has 0 aliphatic carbocycles. The van der Waals surface area contributed by atoms with Gasteiger partial charge in [-0.05, 0) is 28.9 Å². The molecule has 0 bridgehead atoms. The van der Waals surface area contributed by atoms with Crippen molar-refractivity contribution in [2.45, 2.75) is 13.0 Å². The fourth-order valence-electron chi connectivity index (χ4n) is 1.56. The molecule has 2 heterocycles. The number of rotatable bonds is 3. The average Bonchev–Trinajstić information content (AvgIpc) is 2.10. The molecule has 1 aromatic heterocycles. The highest BCUT2D eigenvalue weighted by molar-refractivity contribution is 9.10. The van der Waals surface area contributed by atoms with Gasteiger partial charge in [0.25, 0.3) is 0 Å². The number of halogens is 1. The topological polar surface area (TPSA) is 25.4 Å². The van der Waals surface area contributed by atoms with Gasteiger partial charge in [-0.25, -0.2) is 0 Å². The Hall–Kier alpha value is -0.610. The Kier molecular flexibility index (Phi) is 3.03. The molecule has 2 rings (SSSR count). The van der Waals surface area contributed by atoms with Crippen LogP contribution < -0.4 is 4.90 Å². The van der Waals surface area contributed by atoms with Crippen molar-refractivity contribution < 1.29 is 4.74 Å². The third kappa shape index (κ3) is 2.07. The minimum absolute atomic E-state index is 0.402. The van der Waals surface area contributed by atoms with Gasteiger partial charge in [-0.2, -0.15) is 0 Å². The van der Waals surface area contributed by atoms with Crippen molar-refractivity contribution in [1.29, 1.82) is 0 Å². The van der Waals surface area contributed by atoms with E-state index >= 15 is 0 Å². The van der Waals surface area contributed by atoms with Gasteiger partial charge >= 0.3 is 0 Å². The van der Waals surface area contributed by atoms with E-state index < -0.39 is 0 Å². The summed E-state index contributed by atoms with van der Waals surface area (Å²) in [7, 11) is 0. The van der Waals surface area contributed by atoms with Crippen molar-refractivity contribution in [3.8, 4) is 0 Å². The van der Waals surface area contributed by atoms with Gasteiger partial charge in [-0.1, -0.05) is 0 Å². The Bertz CT molecular complexity index is 313. The van der Waals surface area contributed by atoms with Crippen LogP contribution >= 0.6 is 15.9 Å². The zero-order valence-corrected chi connectivity index (χ0v) is 9.70. The molecule has 0 atom stereocenters. The first-order chi connectivity index (χ1) is 6.79. The first kappa shape index (κ1) is 9.93. The molecule has 0 aromatic carbocycles. The van der Waals surface area contributed by atoms with Crippen LogP contribution in [0.25, 0.3) is 0 Å². The molecule has 0 saturated carbocycles. The smallest absolute Gasteiger partial charge is 0.0924 e. The van der Waals surface area contributed by atoms with E-state index in [9.17, 15) is 0 Å². The largest absolute Gasteiger partial charge is 0.375 e. The Morgan fingerprint density at radius 3 is 3.00 bits per heavy atom. The molecule has 0 spiro atoms. The minimum atomic E-state index is 0.402. The van der Waals surface area contributed by atoms with Crippen LogP contribution in [0.4, 0.5) is 5.69 Å².